The Morgan fingerprint density at radius 3 is 2.55 bits per heavy atom. The summed E-state index contributed by atoms with van der Waals surface area (Å²) in [6, 6.07) is 5.20. The molecule has 29 heavy (non-hydrogen) atoms. The van der Waals surface area contributed by atoms with Crippen LogP contribution in [0.2, 0.25) is 0 Å². The predicted octanol–water partition coefficient (Wildman–Crippen LogP) is 4.81. The number of likely N-dealkylation sites (tertiary alicyclic amines) is 1. The fourth-order valence-electron chi connectivity index (χ4n) is 4.89. The second-order valence-corrected chi connectivity index (χ2v) is 8.77. The Balaban J connectivity index is 1.80. The molecule has 1 aliphatic carbocycles. The molecule has 0 bridgehead atoms. The molecular formula is C24H35N3O2. The first-order chi connectivity index (χ1) is 14.1. The number of pyridine rings is 1. The van der Waals surface area contributed by atoms with Gasteiger partial charge in [-0.25, -0.2) is 0 Å². The molecule has 1 saturated heterocycles. The number of nitrogens with zero attached hydrogens (tertiary/aromatic N) is 2. The van der Waals surface area contributed by atoms with E-state index in [9.17, 15) is 0 Å². The zero-order valence-electron chi connectivity index (χ0n) is 18.4. The van der Waals surface area contributed by atoms with E-state index in [4.69, 9.17) is 14.5 Å². The van der Waals surface area contributed by atoms with E-state index < -0.39 is 0 Å². The van der Waals surface area contributed by atoms with Crippen LogP contribution >= 0.6 is 0 Å². The molecule has 0 amide bonds. The summed E-state index contributed by atoms with van der Waals surface area (Å²) in [5, 5.41) is 5.13. The molecule has 2 aromatic rings. The van der Waals surface area contributed by atoms with Gasteiger partial charge in [-0.2, -0.15) is 0 Å². The maximum atomic E-state index is 5.62. The minimum Gasteiger partial charge on any atom is -0.493 e. The average molecular weight is 398 g/mol. The molecule has 1 N–H and O–H groups in total. The van der Waals surface area contributed by atoms with Crippen molar-refractivity contribution in [2.24, 2.45) is 0 Å². The van der Waals surface area contributed by atoms with Crippen molar-refractivity contribution in [2.75, 3.05) is 32.6 Å². The number of anilines is 1. The minimum absolute atomic E-state index is 0.470. The van der Waals surface area contributed by atoms with Gasteiger partial charge >= 0.3 is 0 Å². The van der Waals surface area contributed by atoms with Gasteiger partial charge in [0.15, 0.2) is 11.5 Å². The van der Waals surface area contributed by atoms with E-state index in [2.05, 4.69) is 30.1 Å². The summed E-state index contributed by atoms with van der Waals surface area (Å²) >= 11 is 0. The average Bonchev–Trinajstić information content (AvgIpc) is 2.98. The Morgan fingerprint density at radius 1 is 1.03 bits per heavy atom. The molecule has 1 fully saturated rings. The van der Waals surface area contributed by atoms with Crippen LogP contribution in [-0.2, 0) is 12.8 Å². The number of rotatable bonds is 5. The lowest BCUT2D eigenvalue weighted by Gasteiger charge is -2.36. The van der Waals surface area contributed by atoms with Crippen LogP contribution in [0.4, 0.5) is 5.69 Å². The fourth-order valence-corrected chi connectivity index (χ4v) is 4.89. The Kier molecular flexibility index (Phi) is 6.14. The number of piperidine rings is 1. The van der Waals surface area contributed by atoms with E-state index in [0.717, 1.165) is 41.8 Å². The molecule has 158 valence electrons. The lowest BCUT2D eigenvalue weighted by Crippen LogP contribution is -2.45. The lowest BCUT2D eigenvalue weighted by molar-refractivity contribution is 0.175. The molecule has 5 heteroatoms. The van der Waals surface area contributed by atoms with E-state index in [-0.39, 0.29) is 0 Å². The SMILES string of the molecule is COc1cc2nc3c(c(N[C@@H]4CCCN(C(C)C)C4)c2cc1OC)CCCCC3. The first-order valence-corrected chi connectivity index (χ1v) is 11.2. The highest BCUT2D eigenvalue weighted by Gasteiger charge is 2.25. The number of hydrogen-bond acceptors (Lipinski definition) is 5. The third kappa shape index (κ3) is 4.16. The van der Waals surface area contributed by atoms with Crippen LogP contribution < -0.4 is 14.8 Å². The molecule has 0 spiro atoms. The number of nitrogens with one attached hydrogen (secondary N) is 1. The zero-order chi connectivity index (χ0) is 20.4. The summed E-state index contributed by atoms with van der Waals surface area (Å²) in [5.41, 5.74) is 4.97. The van der Waals surface area contributed by atoms with Crippen molar-refractivity contribution in [1.29, 1.82) is 0 Å². The molecule has 1 aliphatic heterocycles. The Hall–Kier alpha value is -2.01. The van der Waals surface area contributed by atoms with Gasteiger partial charge in [0.1, 0.15) is 0 Å². The first kappa shape index (κ1) is 20.3. The van der Waals surface area contributed by atoms with Crippen molar-refractivity contribution in [3.63, 3.8) is 0 Å². The van der Waals surface area contributed by atoms with Crippen molar-refractivity contribution in [3.05, 3.63) is 23.4 Å². The molecule has 2 aliphatic rings. The van der Waals surface area contributed by atoms with Gasteiger partial charge < -0.3 is 14.8 Å². The van der Waals surface area contributed by atoms with Crippen molar-refractivity contribution in [2.45, 2.75) is 70.9 Å². The van der Waals surface area contributed by atoms with Crippen LogP contribution in [0.5, 0.6) is 11.5 Å². The maximum Gasteiger partial charge on any atom is 0.162 e. The minimum atomic E-state index is 0.470. The largest absolute Gasteiger partial charge is 0.493 e. The number of hydrogen-bond donors (Lipinski definition) is 1. The first-order valence-electron chi connectivity index (χ1n) is 11.2. The van der Waals surface area contributed by atoms with E-state index >= 15 is 0 Å². The molecule has 1 atom stereocenters. The number of aryl methyl sites for hydroxylation is 1. The topological polar surface area (TPSA) is 46.6 Å². The van der Waals surface area contributed by atoms with E-state index in [1.54, 1.807) is 14.2 Å². The summed E-state index contributed by atoms with van der Waals surface area (Å²) in [6.45, 7) is 6.90. The fraction of sp³-hybridized carbons (Fsp3) is 0.625. The Morgan fingerprint density at radius 2 is 1.79 bits per heavy atom. The molecule has 0 saturated carbocycles. The van der Waals surface area contributed by atoms with Crippen molar-refractivity contribution >= 4 is 16.6 Å². The number of benzene rings is 1. The second kappa shape index (κ2) is 8.78. The van der Waals surface area contributed by atoms with Gasteiger partial charge in [0.25, 0.3) is 0 Å². The summed E-state index contributed by atoms with van der Waals surface area (Å²) in [4.78, 5) is 7.66. The monoisotopic (exact) mass is 397 g/mol. The molecule has 2 heterocycles. The highest BCUT2D eigenvalue weighted by atomic mass is 16.5. The molecule has 0 radical (unpaired) electrons. The quantitative estimate of drug-likeness (QED) is 0.734. The third-order valence-corrected chi connectivity index (χ3v) is 6.55. The van der Waals surface area contributed by atoms with Crippen LogP contribution in [0.15, 0.2) is 12.1 Å². The summed E-state index contributed by atoms with van der Waals surface area (Å²) in [5.74, 6) is 1.52. The van der Waals surface area contributed by atoms with Crippen molar-refractivity contribution in [1.82, 2.24) is 9.88 Å². The maximum absolute atomic E-state index is 5.62. The third-order valence-electron chi connectivity index (χ3n) is 6.55. The van der Waals surface area contributed by atoms with E-state index in [1.807, 2.05) is 6.07 Å². The van der Waals surface area contributed by atoms with Gasteiger partial charge in [0, 0.05) is 41.5 Å². The predicted molar refractivity (Wildman–Crippen MR) is 119 cm³/mol. The summed E-state index contributed by atoms with van der Waals surface area (Å²) < 4.78 is 11.2. The summed E-state index contributed by atoms with van der Waals surface area (Å²) in [6.07, 6.45) is 8.39. The number of fused-ring (bicyclic) bond motifs is 2. The highest BCUT2D eigenvalue weighted by Crippen LogP contribution is 2.39. The molecular weight excluding hydrogens is 362 g/mol. The van der Waals surface area contributed by atoms with Gasteiger partial charge in [-0.3, -0.25) is 9.88 Å². The van der Waals surface area contributed by atoms with Gasteiger partial charge in [0.05, 0.1) is 19.7 Å². The number of ether oxygens (including phenoxy) is 2. The van der Waals surface area contributed by atoms with Gasteiger partial charge in [-0.05, 0) is 70.5 Å². The highest BCUT2D eigenvalue weighted by molar-refractivity contribution is 5.96. The van der Waals surface area contributed by atoms with Gasteiger partial charge in [0.2, 0.25) is 0 Å². The van der Waals surface area contributed by atoms with Crippen LogP contribution in [0.3, 0.4) is 0 Å². The van der Waals surface area contributed by atoms with Crippen LogP contribution in [0.1, 0.15) is 57.2 Å². The number of methoxy groups -OCH3 is 2. The molecule has 1 aromatic carbocycles. The smallest absolute Gasteiger partial charge is 0.162 e. The van der Waals surface area contributed by atoms with Crippen molar-refractivity contribution < 1.29 is 9.47 Å². The summed E-state index contributed by atoms with van der Waals surface area (Å²) in [7, 11) is 3.39. The second-order valence-electron chi connectivity index (χ2n) is 8.77. The molecule has 5 nitrogen and oxygen atoms in total. The van der Waals surface area contributed by atoms with Crippen LogP contribution in [-0.4, -0.2) is 49.3 Å². The number of aromatic nitrogens is 1. The standard InChI is InChI=1S/C24H35N3O2/c1-16(2)27-12-8-9-17(15-27)25-24-18-10-6-5-7-11-20(18)26-21-14-23(29-4)22(28-3)13-19(21)24/h13-14,16-17H,5-12,15H2,1-4H3,(H,25,26)/t17-/m1/s1. The van der Waals surface area contributed by atoms with Crippen molar-refractivity contribution in [3.8, 4) is 11.5 Å². The normalized spacial score (nSPS) is 20.4. The van der Waals surface area contributed by atoms with Crippen LogP contribution in [0.25, 0.3) is 10.9 Å². The zero-order valence-corrected chi connectivity index (χ0v) is 18.4. The lowest BCUT2D eigenvalue weighted by atomic mass is 9.98. The molecule has 4 rings (SSSR count). The van der Waals surface area contributed by atoms with Gasteiger partial charge in [-0.1, -0.05) is 6.42 Å². The molecule has 1 aromatic heterocycles. The Bertz CT molecular complexity index is 865. The van der Waals surface area contributed by atoms with Crippen LogP contribution in [0, 0.1) is 0 Å². The molecule has 0 unspecified atom stereocenters. The van der Waals surface area contributed by atoms with E-state index in [0.29, 0.717) is 12.1 Å². The van der Waals surface area contributed by atoms with Gasteiger partial charge in [-0.15, -0.1) is 0 Å². The van der Waals surface area contributed by atoms with E-state index in [1.165, 1.54) is 55.6 Å². The Labute approximate surface area is 174 Å².